The van der Waals surface area contributed by atoms with E-state index in [-0.39, 0.29) is 12.6 Å². The van der Waals surface area contributed by atoms with Crippen LogP contribution in [-0.4, -0.2) is 40.9 Å². The number of halogens is 2. The Balaban J connectivity index is 1.93. The van der Waals surface area contributed by atoms with Gasteiger partial charge in [-0.2, -0.15) is 0 Å². The van der Waals surface area contributed by atoms with Gasteiger partial charge in [-0.3, -0.25) is 4.90 Å². The molecule has 2 rings (SSSR count). The zero-order chi connectivity index (χ0) is 14.7. The van der Waals surface area contributed by atoms with Crippen LogP contribution in [0.2, 0.25) is 5.02 Å². The van der Waals surface area contributed by atoms with E-state index in [1.807, 2.05) is 12.1 Å². The highest BCUT2D eigenvalue weighted by molar-refractivity contribution is 9.10. The van der Waals surface area contributed by atoms with E-state index >= 15 is 0 Å². The van der Waals surface area contributed by atoms with Crippen molar-refractivity contribution in [2.45, 2.75) is 31.9 Å². The Labute approximate surface area is 133 Å². The molecule has 1 heterocycles. The number of hydrogen-bond donors (Lipinski definition) is 2. The van der Waals surface area contributed by atoms with E-state index in [0.29, 0.717) is 17.4 Å². The summed E-state index contributed by atoms with van der Waals surface area (Å²) in [7, 11) is 0. The minimum atomic E-state index is -0.564. The highest BCUT2D eigenvalue weighted by Crippen LogP contribution is 2.30. The smallest absolute Gasteiger partial charge is 0.0816 e. The topological polar surface area (TPSA) is 43.7 Å². The second-order valence-electron chi connectivity index (χ2n) is 5.52. The molecule has 3 unspecified atom stereocenters. The third-order valence-corrected chi connectivity index (χ3v) is 5.02. The molecule has 0 spiro atoms. The standard InChI is InChI=1S/C15H21BrClNO2/c1-10-4-6-18(14(10)9-19)7-5-15(20)12-3-2-11(16)8-13(12)17/h2-3,8,10,14-15,19-20H,4-7,9H2,1H3. The zero-order valence-corrected chi connectivity index (χ0v) is 13.9. The molecule has 20 heavy (non-hydrogen) atoms. The summed E-state index contributed by atoms with van der Waals surface area (Å²) in [6, 6.07) is 5.77. The molecule has 112 valence electrons. The molecule has 5 heteroatoms. The van der Waals surface area contributed by atoms with E-state index < -0.39 is 6.10 Å². The monoisotopic (exact) mass is 361 g/mol. The molecule has 0 radical (unpaired) electrons. The number of hydrogen-bond acceptors (Lipinski definition) is 3. The summed E-state index contributed by atoms with van der Waals surface area (Å²) in [5, 5.41) is 20.3. The van der Waals surface area contributed by atoms with E-state index in [1.54, 1.807) is 6.07 Å². The zero-order valence-electron chi connectivity index (χ0n) is 11.6. The first kappa shape index (κ1) is 16.2. The van der Waals surface area contributed by atoms with Crippen LogP contribution in [0.5, 0.6) is 0 Å². The number of rotatable bonds is 5. The lowest BCUT2D eigenvalue weighted by Crippen LogP contribution is -2.36. The van der Waals surface area contributed by atoms with Crippen molar-refractivity contribution >= 4 is 27.5 Å². The molecular formula is C15H21BrClNO2. The van der Waals surface area contributed by atoms with Gasteiger partial charge in [-0.05, 0) is 43.0 Å². The Morgan fingerprint density at radius 2 is 2.25 bits per heavy atom. The number of aliphatic hydroxyl groups is 2. The molecule has 1 saturated heterocycles. The second kappa shape index (κ2) is 7.23. The van der Waals surface area contributed by atoms with E-state index in [9.17, 15) is 10.2 Å². The largest absolute Gasteiger partial charge is 0.395 e. The molecule has 3 atom stereocenters. The van der Waals surface area contributed by atoms with Gasteiger partial charge in [0.1, 0.15) is 0 Å². The Kier molecular flexibility index (Phi) is 5.87. The minimum absolute atomic E-state index is 0.191. The normalized spacial score (nSPS) is 25.1. The average Bonchev–Trinajstić information content (AvgIpc) is 2.76. The Hall–Kier alpha value is -0.130. The van der Waals surface area contributed by atoms with Gasteiger partial charge in [0.2, 0.25) is 0 Å². The highest BCUT2D eigenvalue weighted by atomic mass is 79.9. The van der Waals surface area contributed by atoms with Crippen molar-refractivity contribution in [3.8, 4) is 0 Å². The van der Waals surface area contributed by atoms with Crippen molar-refractivity contribution in [3.63, 3.8) is 0 Å². The van der Waals surface area contributed by atoms with Crippen LogP contribution in [0.15, 0.2) is 22.7 Å². The van der Waals surface area contributed by atoms with E-state index in [2.05, 4.69) is 27.8 Å². The Morgan fingerprint density at radius 1 is 1.50 bits per heavy atom. The van der Waals surface area contributed by atoms with Gasteiger partial charge in [0.15, 0.2) is 0 Å². The van der Waals surface area contributed by atoms with Crippen molar-refractivity contribution < 1.29 is 10.2 Å². The van der Waals surface area contributed by atoms with Crippen LogP contribution in [-0.2, 0) is 0 Å². The van der Waals surface area contributed by atoms with Crippen LogP contribution >= 0.6 is 27.5 Å². The van der Waals surface area contributed by atoms with E-state index in [4.69, 9.17) is 11.6 Å². The lowest BCUT2D eigenvalue weighted by molar-refractivity contribution is 0.107. The summed E-state index contributed by atoms with van der Waals surface area (Å²) < 4.78 is 0.909. The van der Waals surface area contributed by atoms with Gasteiger partial charge in [-0.25, -0.2) is 0 Å². The van der Waals surface area contributed by atoms with Crippen LogP contribution < -0.4 is 0 Å². The number of likely N-dealkylation sites (tertiary alicyclic amines) is 1. The molecular weight excluding hydrogens is 342 g/mol. The molecule has 1 fully saturated rings. The lowest BCUT2D eigenvalue weighted by atomic mass is 10.0. The maximum Gasteiger partial charge on any atom is 0.0816 e. The fourth-order valence-corrected chi connectivity index (χ4v) is 3.68. The first-order valence-corrected chi connectivity index (χ1v) is 8.18. The van der Waals surface area contributed by atoms with Crippen LogP contribution in [0.25, 0.3) is 0 Å². The summed E-state index contributed by atoms with van der Waals surface area (Å²) in [5.41, 5.74) is 0.766. The number of aliphatic hydroxyl groups excluding tert-OH is 2. The molecule has 1 aliphatic rings. The van der Waals surface area contributed by atoms with Gasteiger partial charge in [0.05, 0.1) is 12.7 Å². The molecule has 0 aromatic heterocycles. The quantitative estimate of drug-likeness (QED) is 0.845. The highest BCUT2D eigenvalue weighted by Gasteiger charge is 2.30. The molecule has 2 N–H and O–H groups in total. The van der Waals surface area contributed by atoms with E-state index in [1.165, 1.54) is 0 Å². The molecule has 0 saturated carbocycles. The fourth-order valence-electron chi connectivity index (χ4n) is 2.88. The summed E-state index contributed by atoms with van der Waals surface area (Å²) in [6.07, 6.45) is 1.18. The molecule has 0 bridgehead atoms. The maximum atomic E-state index is 10.3. The Morgan fingerprint density at radius 3 is 2.90 bits per heavy atom. The third kappa shape index (κ3) is 3.74. The molecule has 3 nitrogen and oxygen atoms in total. The Bertz CT molecular complexity index is 457. The summed E-state index contributed by atoms with van der Waals surface area (Å²) in [4.78, 5) is 2.26. The van der Waals surface area contributed by atoms with Crippen molar-refractivity contribution in [3.05, 3.63) is 33.3 Å². The first-order valence-electron chi connectivity index (χ1n) is 7.01. The molecule has 1 aliphatic heterocycles. The third-order valence-electron chi connectivity index (χ3n) is 4.20. The van der Waals surface area contributed by atoms with Crippen LogP contribution in [0.1, 0.15) is 31.4 Å². The summed E-state index contributed by atoms with van der Waals surface area (Å²) in [6.45, 7) is 4.13. The van der Waals surface area contributed by atoms with Gasteiger partial charge in [-0.15, -0.1) is 0 Å². The summed E-state index contributed by atoms with van der Waals surface area (Å²) in [5.74, 6) is 0.522. The van der Waals surface area contributed by atoms with E-state index in [0.717, 1.165) is 29.5 Å². The van der Waals surface area contributed by atoms with Crippen LogP contribution in [0.3, 0.4) is 0 Å². The van der Waals surface area contributed by atoms with Gasteiger partial charge in [-0.1, -0.05) is 40.5 Å². The first-order chi connectivity index (χ1) is 9.52. The summed E-state index contributed by atoms with van der Waals surface area (Å²) >= 11 is 9.52. The van der Waals surface area contributed by atoms with Crippen molar-refractivity contribution in [1.29, 1.82) is 0 Å². The molecule has 0 aliphatic carbocycles. The average molecular weight is 363 g/mol. The second-order valence-corrected chi connectivity index (χ2v) is 6.85. The fraction of sp³-hybridized carbons (Fsp3) is 0.600. The predicted molar refractivity (Wildman–Crippen MR) is 85.0 cm³/mol. The number of nitrogens with zero attached hydrogens (tertiary/aromatic N) is 1. The SMILES string of the molecule is CC1CCN(CCC(O)c2ccc(Br)cc2Cl)C1CO. The predicted octanol–water partition coefficient (Wildman–Crippen LogP) is 3.23. The van der Waals surface area contributed by atoms with Crippen LogP contribution in [0, 0.1) is 5.92 Å². The van der Waals surface area contributed by atoms with Gasteiger partial charge < -0.3 is 10.2 Å². The van der Waals surface area contributed by atoms with Crippen molar-refractivity contribution in [1.82, 2.24) is 4.90 Å². The van der Waals surface area contributed by atoms with Crippen LogP contribution in [0.4, 0.5) is 0 Å². The number of benzene rings is 1. The molecule has 0 amide bonds. The van der Waals surface area contributed by atoms with Gasteiger partial charge in [0.25, 0.3) is 0 Å². The molecule has 1 aromatic rings. The van der Waals surface area contributed by atoms with Gasteiger partial charge >= 0.3 is 0 Å². The molecule has 1 aromatic carbocycles. The van der Waals surface area contributed by atoms with Gasteiger partial charge in [0, 0.05) is 22.1 Å². The van der Waals surface area contributed by atoms with Crippen molar-refractivity contribution in [2.24, 2.45) is 5.92 Å². The minimum Gasteiger partial charge on any atom is -0.395 e. The maximum absolute atomic E-state index is 10.3. The van der Waals surface area contributed by atoms with Crippen molar-refractivity contribution in [2.75, 3.05) is 19.7 Å². The lowest BCUT2D eigenvalue weighted by Gasteiger charge is -2.26.